The molecule has 64 heavy (non-hydrogen) atoms. The number of rotatable bonds is 11. The summed E-state index contributed by atoms with van der Waals surface area (Å²) in [6.07, 6.45) is 7.53. The lowest BCUT2D eigenvalue weighted by Gasteiger charge is -2.43. The number of piperidine rings is 2. The maximum Gasteiger partial charge on any atom is 0.256 e. The number of thiol groups is 1. The van der Waals surface area contributed by atoms with Crippen LogP contribution in [0.3, 0.4) is 0 Å². The third-order valence-corrected chi connectivity index (χ3v) is 15.4. The van der Waals surface area contributed by atoms with Gasteiger partial charge in [-0.3, -0.25) is 39.5 Å². The molecular weight excluding hydrogens is 918 g/mol. The summed E-state index contributed by atoms with van der Waals surface area (Å²) in [5.41, 5.74) is 7.33. The van der Waals surface area contributed by atoms with Crippen molar-refractivity contribution in [1.29, 1.82) is 0 Å². The van der Waals surface area contributed by atoms with Crippen molar-refractivity contribution < 1.29 is 23.7 Å². The summed E-state index contributed by atoms with van der Waals surface area (Å²) in [5, 5.41) is 9.18. The molecule has 2 atom stereocenters. The van der Waals surface area contributed by atoms with Gasteiger partial charge in [0, 0.05) is 94.2 Å². The largest absolute Gasteiger partial charge is 0.494 e. The van der Waals surface area contributed by atoms with E-state index in [2.05, 4.69) is 86.7 Å². The van der Waals surface area contributed by atoms with Crippen LogP contribution in [0.15, 0.2) is 65.5 Å². The Morgan fingerprint density at radius 2 is 1.69 bits per heavy atom. The average molecular weight is 969 g/mol. The molecule has 0 radical (unpaired) electrons. The van der Waals surface area contributed by atoms with Crippen molar-refractivity contribution in [3.63, 3.8) is 0 Å². The topological polar surface area (TPSA) is 178 Å². The Labute approximate surface area is 385 Å². The van der Waals surface area contributed by atoms with Gasteiger partial charge in [-0.15, -0.1) is 12.6 Å². The predicted octanol–water partition coefficient (Wildman–Crippen LogP) is 6.21. The molecule has 334 valence electrons. The number of aryl methyl sites for hydroxylation is 1. The normalized spacial score (nSPS) is 20.1. The number of nitrogens with zero attached hydrogens (tertiary/aromatic N) is 8. The summed E-state index contributed by atoms with van der Waals surface area (Å²) in [5.74, 6) is 0.587. The average Bonchev–Trinajstić information content (AvgIpc) is 3.52. The Hall–Kier alpha value is -5.13. The Morgan fingerprint density at radius 3 is 2.42 bits per heavy atom. The first-order valence-electron chi connectivity index (χ1n) is 21.5. The first kappa shape index (κ1) is 44.1. The molecule has 9 rings (SSSR count). The van der Waals surface area contributed by atoms with Crippen LogP contribution in [0.25, 0.3) is 11.0 Å². The molecule has 0 saturated carbocycles. The van der Waals surface area contributed by atoms with Crippen molar-refractivity contribution >= 4 is 98.6 Å². The summed E-state index contributed by atoms with van der Waals surface area (Å²) in [4.78, 5) is 65.1. The first-order chi connectivity index (χ1) is 30.7. The number of imide groups is 1. The van der Waals surface area contributed by atoms with Gasteiger partial charge in [0.15, 0.2) is 0 Å². The number of carbonyl (C=O) groups excluding carboxylic acids is 3. The van der Waals surface area contributed by atoms with E-state index in [1.54, 1.807) is 39.0 Å². The summed E-state index contributed by atoms with van der Waals surface area (Å²) in [7, 11) is -1.11. The summed E-state index contributed by atoms with van der Waals surface area (Å²) < 4.78 is 20.1. The lowest BCUT2D eigenvalue weighted by molar-refractivity contribution is -0.137. The van der Waals surface area contributed by atoms with Crippen LogP contribution < -0.4 is 30.9 Å². The van der Waals surface area contributed by atoms with Gasteiger partial charge in [0.05, 0.1) is 33.8 Å². The molecule has 0 aliphatic carbocycles. The molecule has 4 aliphatic rings. The van der Waals surface area contributed by atoms with Gasteiger partial charge in [0.2, 0.25) is 17.8 Å². The van der Waals surface area contributed by atoms with Gasteiger partial charge in [0.25, 0.3) is 5.91 Å². The van der Waals surface area contributed by atoms with Crippen LogP contribution in [0.5, 0.6) is 5.75 Å². The number of benzene rings is 3. The maximum absolute atomic E-state index is 13.5. The highest BCUT2D eigenvalue weighted by Crippen LogP contribution is 2.43. The van der Waals surface area contributed by atoms with Crippen LogP contribution in [0.2, 0.25) is 0 Å². The number of anilines is 5. The van der Waals surface area contributed by atoms with Gasteiger partial charge in [-0.2, -0.15) is 4.98 Å². The van der Waals surface area contributed by atoms with Crippen LogP contribution in [0, 0.1) is 6.92 Å². The lowest BCUT2D eigenvalue weighted by atomic mass is 10.00. The number of piperazine rings is 1. The number of halogens is 1. The van der Waals surface area contributed by atoms with E-state index in [1.807, 2.05) is 24.3 Å². The van der Waals surface area contributed by atoms with Gasteiger partial charge in [0.1, 0.15) is 35.6 Å². The Morgan fingerprint density at radius 1 is 0.922 bits per heavy atom. The van der Waals surface area contributed by atoms with E-state index in [4.69, 9.17) is 22.3 Å². The fourth-order valence-electron chi connectivity index (χ4n) is 9.50. The molecule has 5 aromatic rings. The van der Waals surface area contributed by atoms with Crippen LogP contribution in [-0.2, 0) is 20.7 Å². The summed E-state index contributed by atoms with van der Waals surface area (Å²) in [6, 6.07) is 13.6. The monoisotopic (exact) mass is 967 g/mol. The molecule has 0 bridgehead atoms. The highest BCUT2D eigenvalue weighted by molar-refractivity contribution is 9.10. The van der Waals surface area contributed by atoms with Crippen LogP contribution >= 0.6 is 35.7 Å². The Kier molecular flexibility index (Phi) is 12.4. The van der Waals surface area contributed by atoms with Crippen molar-refractivity contribution in [2.75, 3.05) is 75.2 Å². The highest BCUT2D eigenvalue weighted by Gasteiger charge is 2.44. The minimum absolute atomic E-state index is 0.207. The molecule has 2 unspecified atom stereocenters. The Bertz CT molecular complexity index is 2710. The fraction of sp³-hybridized carbons (Fsp3) is 0.400. The second-order valence-electron chi connectivity index (χ2n) is 17.2. The quantitative estimate of drug-likeness (QED) is 0.0668. The molecule has 19 heteroatoms. The van der Waals surface area contributed by atoms with Gasteiger partial charge in [-0.1, -0.05) is 12.1 Å². The summed E-state index contributed by atoms with van der Waals surface area (Å²) in [6.45, 7) is 12.0. The number of ether oxygens (including phenoxy) is 1. The van der Waals surface area contributed by atoms with Gasteiger partial charge in [-0.25, -0.2) is 4.98 Å². The molecule has 3 fully saturated rings. The molecule has 4 aliphatic heterocycles. The number of aromatic nitrogens is 4. The van der Waals surface area contributed by atoms with E-state index in [0.29, 0.717) is 62.0 Å². The minimum atomic E-state index is -2.78. The van der Waals surface area contributed by atoms with E-state index in [1.165, 1.54) is 4.90 Å². The number of hydrogen-bond acceptors (Lipinski definition) is 15. The SMILES string of the molecule is COc1cc(N2CCC(N3CCN(Cc4ccc5c(c4)C(=O)N(C4CCC(=O)NC4=O)C5S)CC3)CC2)c(C)cc1Nc1ncc(Br)c(Nc2ccc3nccnc3c2P(C)(C)=O)n1. The van der Waals surface area contributed by atoms with Gasteiger partial charge < -0.3 is 29.7 Å². The molecule has 0 spiro atoms. The third-order valence-electron chi connectivity index (χ3n) is 12.7. The fourth-order valence-corrected chi connectivity index (χ4v) is 11.7. The number of fused-ring (bicyclic) bond motifs is 2. The molecular formula is C45H51BrN11O5PS. The van der Waals surface area contributed by atoms with Crippen LogP contribution in [0.4, 0.5) is 28.8 Å². The van der Waals surface area contributed by atoms with E-state index >= 15 is 0 Å². The first-order valence-corrected chi connectivity index (χ1v) is 25.4. The zero-order chi connectivity index (χ0) is 44.9. The van der Waals surface area contributed by atoms with Crippen molar-refractivity contribution in [1.82, 2.24) is 40.0 Å². The molecule has 3 aromatic carbocycles. The van der Waals surface area contributed by atoms with Gasteiger partial charge in [-0.05, 0) is 96.4 Å². The lowest BCUT2D eigenvalue weighted by Crippen LogP contribution is -2.53. The van der Waals surface area contributed by atoms with Crippen molar-refractivity contribution in [2.45, 2.75) is 56.6 Å². The second-order valence-corrected chi connectivity index (χ2v) is 21.7. The van der Waals surface area contributed by atoms with E-state index < -0.39 is 24.5 Å². The molecule has 3 amide bonds. The zero-order valence-corrected chi connectivity index (χ0v) is 39.5. The van der Waals surface area contributed by atoms with Crippen LogP contribution in [0.1, 0.15) is 58.1 Å². The zero-order valence-electron chi connectivity index (χ0n) is 36.2. The number of carbonyl (C=O) groups is 3. The van der Waals surface area contributed by atoms with Crippen molar-refractivity contribution in [3.8, 4) is 5.75 Å². The number of methoxy groups -OCH3 is 1. The maximum atomic E-state index is 13.5. The molecule has 6 heterocycles. The third kappa shape index (κ3) is 8.82. The molecule has 16 nitrogen and oxygen atoms in total. The standard InChI is InChI=1S/C45H51BrN11O5PS/c1-26-21-34(51-45-49-24-31(46)41(53-45)50-33-8-7-32-39(48-14-13-47-32)40(33)63(3,4)61)37(62-2)23-36(26)56-15-11-28(12-16-56)55-19-17-54(18-20-55)25-27-5-6-29-30(22-27)43(60)57(44(29)64)35-9-10-38(58)52-42(35)59/h5-8,13-14,21-24,28,35,44,64H,9-12,15-20,25H2,1-4H3,(H,52,58,59)(H2,49,50,51,53). The van der Waals surface area contributed by atoms with E-state index in [9.17, 15) is 18.9 Å². The molecule has 3 saturated heterocycles. The number of amides is 3. The number of hydrogen-bond donors (Lipinski definition) is 4. The molecule has 2 aromatic heterocycles. The smallest absolute Gasteiger partial charge is 0.256 e. The minimum Gasteiger partial charge on any atom is -0.494 e. The van der Waals surface area contributed by atoms with E-state index in [0.717, 1.165) is 86.7 Å². The summed E-state index contributed by atoms with van der Waals surface area (Å²) >= 11 is 8.30. The van der Waals surface area contributed by atoms with Gasteiger partial charge >= 0.3 is 0 Å². The second kappa shape index (κ2) is 18.0. The van der Waals surface area contributed by atoms with Crippen molar-refractivity contribution in [3.05, 3.63) is 87.8 Å². The highest BCUT2D eigenvalue weighted by atomic mass is 79.9. The number of nitrogens with one attached hydrogen (secondary N) is 3. The predicted molar refractivity (Wildman–Crippen MR) is 255 cm³/mol. The van der Waals surface area contributed by atoms with Crippen LogP contribution in [-0.4, -0.2) is 124 Å². The van der Waals surface area contributed by atoms with Crippen molar-refractivity contribution in [2.24, 2.45) is 0 Å². The van der Waals surface area contributed by atoms with E-state index in [-0.39, 0.29) is 18.2 Å². The molecule has 3 N–H and O–H groups in total. The Balaban J connectivity index is 0.799.